The first-order chi connectivity index (χ1) is 7.14. The summed E-state index contributed by atoms with van der Waals surface area (Å²) in [5.41, 5.74) is 0. The summed E-state index contributed by atoms with van der Waals surface area (Å²) in [4.78, 5) is 21.6. The first kappa shape index (κ1) is 14.9. The molecule has 0 aliphatic rings. The molecule has 6 nitrogen and oxygen atoms in total. The van der Waals surface area contributed by atoms with E-state index in [2.05, 4.69) is 5.32 Å². The Morgan fingerprint density at radius 1 is 1.25 bits per heavy atom. The Morgan fingerprint density at radius 2 is 1.75 bits per heavy atom. The van der Waals surface area contributed by atoms with Crippen LogP contribution < -0.4 is 5.32 Å². The molecule has 0 aromatic carbocycles. The van der Waals surface area contributed by atoms with Crippen LogP contribution in [0.2, 0.25) is 0 Å². The van der Waals surface area contributed by atoms with Crippen LogP contribution in [0, 0.1) is 5.92 Å². The van der Waals surface area contributed by atoms with Crippen molar-refractivity contribution in [1.82, 2.24) is 5.32 Å². The number of carbonyl (C=O) groups is 2. The largest absolute Gasteiger partial charge is 0.480 e. The second-order valence-electron chi connectivity index (χ2n) is 4.08. The summed E-state index contributed by atoms with van der Waals surface area (Å²) in [6.07, 6.45) is 0. The fraction of sp³-hybridized carbons (Fsp3) is 0.778. The van der Waals surface area contributed by atoms with Gasteiger partial charge in [-0.3, -0.25) is 9.59 Å². The lowest BCUT2D eigenvalue weighted by Crippen LogP contribution is -2.41. The summed E-state index contributed by atoms with van der Waals surface area (Å²) in [7, 11) is -3.46. The zero-order valence-corrected chi connectivity index (χ0v) is 10.4. The van der Waals surface area contributed by atoms with Crippen molar-refractivity contribution in [1.29, 1.82) is 0 Å². The van der Waals surface area contributed by atoms with Gasteiger partial charge in [0, 0.05) is 0 Å². The lowest BCUT2D eigenvalue weighted by Gasteiger charge is -2.10. The average molecular weight is 251 g/mol. The van der Waals surface area contributed by atoms with E-state index in [0.717, 1.165) is 0 Å². The minimum atomic E-state index is -3.46. The molecule has 2 N–H and O–H groups in total. The molecule has 0 spiro atoms. The normalized spacial score (nSPS) is 13.5. The number of hydrogen-bond donors (Lipinski definition) is 2. The smallest absolute Gasteiger partial charge is 0.325 e. The van der Waals surface area contributed by atoms with E-state index in [1.54, 1.807) is 13.8 Å². The van der Waals surface area contributed by atoms with Crippen molar-refractivity contribution in [2.24, 2.45) is 5.92 Å². The number of sulfone groups is 1. The summed E-state index contributed by atoms with van der Waals surface area (Å²) in [5.74, 6) is -2.79. The quantitative estimate of drug-likeness (QED) is 0.671. The zero-order valence-electron chi connectivity index (χ0n) is 9.56. The molecule has 16 heavy (non-hydrogen) atoms. The van der Waals surface area contributed by atoms with Crippen LogP contribution in [0.5, 0.6) is 0 Å². The Balaban J connectivity index is 4.30. The Morgan fingerprint density at radius 3 is 2.12 bits per heavy atom. The van der Waals surface area contributed by atoms with Crippen LogP contribution in [0.1, 0.15) is 20.8 Å². The highest BCUT2D eigenvalue weighted by Gasteiger charge is 2.21. The molecule has 0 rings (SSSR count). The Labute approximate surface area is 95.0 Å². The van der Waals surface area contributed by atoms with Gasteiger partial charge in [0.2, 0.25) is 5.91 Å². The molecule has 0 heterocycles. The first-order valence-electron chi connectivity index (χ1n) is 4.86. The molecule has 1 atom stereocenters. The van der Waals surface area contributed by atoms with E-state index in [-0.39, 0.29) is 11.7 Å². The van der Waals surface area contributed by atoms with Gasteiger partial charge in [0.15, 0.2) is 9.84 Å². The number of aliphatic carboxylic acids is 1. The zero-order chi connectivity index (χ0) is 12.9. The molecule has 0 unspecified atom stereocenters. The van der Waals surface area contributed by atoms with Crippen molar-refractivity contribution >= 4 is 21.7 Å². The van der Waals surface area contributed by atoms with Crippen molar-refractivity contribution in [3.05, 3.63) is 0 Å². The molecule has 0 aliphatic heterocycles. The van der Waals surface area contributed by atoms with E-state index in [9.17, 15) is 18.0 Å². The number of rotatable bonds is 6. The summed E-state index contributed by atoms with van der Waals surface area (Å²) in [6, 6.07) is -1.08. The standard InChI is InChI=1S/C9H17NO5S/c1-6(2)4-16(14,15)5-8(11)10-7(3)9(12)13/h6-7H,4-5H2,1-3H3,(H,10,11)(H,12,13)/t7-/m0/s1. The molecule has 1 amide bonds. The minimum absolute atomic E-state index is 0.0605. The Hall–Kier alpha value is -1.11. The summed E-state index contributed by atoms with van der Waals surface area (Å²) < 4.78 is 22.8. The van der Waals surface area contributed by atoms with E-state index in [4.69, 9.17) is 5.11 Å². The lowest BCUT2D eigenvalue weighted by atomic mass is 10.3. The van der Waals surface area contributed by atoms with Gasteiger partial charge in [0.25, 0.3) is 0 Å². The monoisotopic (exact) mass is 251 g/mol. The van der Waals surface area contributed by atoms with Gasteiger partial charge in [-0.15, -0.1) is 0 Å². The van der Waals surface area contributed by atoms with Crippen LogP contribution in [0.3, 0.4) is 0 Å². The third-order valence-corrected chi connectivity index (χ3v) is 3.56. The van der Waals surface area contributed by atoms with Gasteiger partial charge in [-0.25, -0.2) is 8.42 Å². The van der Waals surface area contributed by atoms with E-state index in [1.807, 2.05) is 0 Å². The van der Waals surface area contributed by atoms with Crippen LogP contribution in [-0.4, -0.2) is 42.9 Å². The van der Waals surface area contributed by atoms with Crippen molar-refractivity contribution in [2.45, 2.75) is 26.8 Å². The Bertz CT molecular complexity index is 360. The molecule has 7 heteroatoms. The Kier molecular flexibility index (Phi) is 5.43. The fourth-order valence-corrected chi connectivity index (χ4v) is 2.73. The second-order valence-corrected chi connectivity index (χ2v) is 6.19. The van der Waals surface area contributed by atoms with E-state index >= 15 is 0 Å². The fourth-order valence-electron chi connectivity index (χ4n) is 1.11. The van der Waals surface area contributed by atoms with Crippen LogP contribution in [0.25, 0.3) is 0 Å². The number of hydrogen-bond acceptors (Lipinski definition) is 4. The van der Waals surface area contributed by atoms with Gasteiger partial charge in [0.05, 0.1) is 5.75 Å². The highest BCUT2D eigenvalue weighted by Crippen LogP contribution is 2.00. The number of carboxylic acids is 1. The maximum absolute atomic E-state index is 11.4. The molecule has 0 aromatic rings. The maximum atomic E-state index is 11.4. The number of carboxylic acid groups (broad SMARTS) is 1. The predicted octanol–water partition coefficient (Wildman–Crippen LogP) is -0.353. The summed E-state index contributed by atoms with van der Waals surface area (Å²) in [5, 5.41) is 10.6. The average Bonchev–Trinajstić information content (AvgIpc) is 1.98. The maximum Gasteiger partial charge on any atom is 0.325 e. The van der Waals surface area contributed by atoms with Gasteiger partial charge in [-0.05, 0) is 12.8 Å². The van der Waals surface area contributed by atoms with Gasteiger partial charge in [-0.2, -0.15) is 0 Å². The first-order valence-corrected chi connectivity index (χ1v) is 6.69. The van der Waals surface area contributed by atoms with Crippen LogP contribution >= 0.6 is 0 Å². The molecule has 0 aliphatic carbocycles. The highest BCUT2D eigenvalue weighted by atomic mass is 32.2. The predicted molar refractivity (Wildman–Crippen MR) is 58.7 cm³/mol. The van der Waals surface area contributed by atoms with Crippen molar-refractivity contribution in [3.63, 3.8) is 0 Å². The second kappa shape index (κ2) is 5.83. The molecular weight excluding hydrogens is 234 g/mol. The van der Waals surface area contributed by atoms with Crippen molar-refractivity contribution in [2.75, 3.05) is 11.5 Å². The number of nitrogens with one attached hydrogen (secondary N) is 1. The molecule has 0 aromatic heterocycles. The summed E-state index contributed by atoms with van der Waals surface area (Å²) >= 11 is 0. The van der Waals surface area contributed by atoms with Crippen LogP contribution in [-0.2, 0) is 19.4 Å². The number of amides is 1. The highest BCUT2D eigenvalue weighted by molar-refractivity contribution is 7.92. The van der Waals surface area contributed by atoms with Gasteiger partial charge in [0.1, 0.15) is 11.8 Å². The molecule has 94 valence electrons. The summed E-state index contributed by atoms with van der Waals surface area (Å²) in [6.45, 7) is 4.74. The molecule has 0 saturated carbocycles. The lowest BCUT2D eigenvalue weighted by molar-refractivity contribution is -0.140. The van der Waals surface area contributed by atoms with Gasteiger partial charge >= 0.3 is 5.97 Å². The topological polar surface area (TPSA) is 101 Å². The molecule has 0 saturated heterocycles. The van der Waals surface area contributed by atoms with Gasteiger partial charge in [-0.1, -0.05) is 13.8 Å². The minimum Gasteiger partial charge on any atom is -0.480 e. The molecular formula is C9H17NO5S. The van der Waals surface area contributed by atoms with Crippen LogP contribution in [0.15, 0.2) is 0 Å². The van der Waals surface area contributed by atoms with Crippen molar-refractivity contribution < 1.29 is 23.1 Å². The third kappa shape index (κ3) is 6.39. The SMILES string of the molecule is CC(C)CS(=O)(=O)CC(=O)N[C@@H](C)C(=O)O. The number of carbonyl (C=O) groups excluding carboxylic acids is 1. The van der Waals surface area contributed by atoms with E-state index < -0.39 is 33.5 Å². The van der Waals surface area contributed by atoms with Crippen molar-refractivity contribution in [3.8, 4) is 0 Å². The van der Waals surface area contributed by atoms with E-state index in [0.29, 0.717) is 0 Å². The molecule has 0 bridgehead atoms. The van der Waals surface area contributed by atoms with Crippen LogP contribution in [0.4, 0.5) is 0 Å². The van der Waals surface area contributed by atoms with Gasteiger partial charge < -0.3 is 10.4 Å². The molecule has 0 radical (unpaired) electrons. The molecule has 0 fully saturated rings. The third-order valence-electron chi connectivity index (χ3n) is 1.69. The van der Waals surface area contributed by atoms with E-state index in [1.165, 1.54) is 6.92 Å².